The normalized spacial score (nSPS) is 10.3. The van der Waals surface area contributed by atoms with Gasteiger partial charge in [-0.05, 0) is 48.9 Å². The summed E-state index contributed by atoms with van der Waals surface area (Å²) in [5.74, 6) is -0.315. The summed E-state index contributed by atoms with van der Waals surface area (Å²) in [5.41, 5.74) is 2.58. The number of carbonyl (C=O) groups is 3. The molecule has 2 aromatic carbocycles. The van der Waals surface area contributed by atoms with Crippen molar-refractivity contribution in [2.24, 2.45) is 0 Å². The predicted octanol–water partition coefficient (Wildman–Crippen LogP) is 4.97. The van der Waals surface area contributed by atoms with Crippen LogP contribution in [0.5, 0.6) is 0 Å². The number of aromatic nitrogens is 1. The van der Waals surface area contributed by atoms with Gasteiger partial charge < -0.3 is 16.0 Å². The Morgan fingerprint density at radius 1 is 0.935 bits per heavy atom. The van der Waals surface area contributed by atoms with Crippen LogP contribution in [0.15, 0.2) is 53.9 Å². The summed E-state index contributed by atoms with van der Waals surface area (Å²) in [4.78, 5) is 39.6. The lowest BCUT2D eigenvalue weighted by Crippen LogP contribution is -2.19. The molecule has 0 aliphatic carbocycles. The number of aryl methyl sites for hydroxylation is 1. The second-order valence-electron chi connectivity index (χ2n) is 6.54. The number of benzene rings is 2. The van der Waals surface area contributed by atoms with Gasteiger partial charge in [0.1, 0.15) is 0 Å². The maximum Gasteiger partial charge on any atom is 0.325 e. The van der Waals surface area contributed by atoms with Crippen molar-refractivity contribution in [1.29, 1.82) is 0 Å². The molecule has 0 saturated heterocycles. The van der Waals surface area contributed by atoms with Crippen LogP contribution in [-0.2, 0) is 16.0 Å². The van der Waals surface area contributed by atoms with E-state index in [1.54, 1.807) is 53.9 Å². The first kappa shape index (κ1) is 22.3. The van der Waals surface area contributed by atoms with Crippen LogP contribution < -0.4 is 21.3 Å². The van der Waals surface area contributed by atoms with E-state index in [0.29, 0.717) is 39.3 Å². The number of halogens is 1. The van der Waals surface area contributed by atoms with E-state index >= 15 is 0 Å². The molecule has 3 rings (SSSR count). The molecule has 8 nitrogen and oxygen atoms in total. The molecule has 0 radical (unpaired) electrons. The number of hydrogen-bond donors (Lipinski definition) is 4. The van der Waals surface area contributed by atoms with Crippen LogP contribution in [0.25, 0.3) is 0 Å². The average Bonchev–Trinajstić information content (AvgIpc) is 3.14. The summed E-state index contributed by atoms with van der Waals surface area (Å²) in [6.45, 7) is 1.43. The number of amides is 4. The molecule has 0 fully saturated rings. The van der Waals surface area contributed by atoms with Crippen LogP contribution in [0.3, 0.4) is 0 Å². The van der Waals surface area contributed by atoms with Crippen molar-refractivity contribution in [3.8, 4) is 0 Å². The minimum atomic E-state index is -0.427. The van der Waals surface area contributed by atoms with Crippen molar-refractivity contribution >= 4 is 63.0 Å². The van der Waals surface area contributed by atoms with Gasteiger partial charge in [0.05, 0.1) is 5.69 Å². The molecule has 3 aromatic rings. The fraction of sp³-hybridized carbons (Fsp3) is 0.143. The van der Waals surface area contributed by atoms with Gasteiger partial charge in [-0.15, -0.1) is 11.3 Å². The van der Waals surface area contributed by atoms with E-state index in [1.165, 1.54) is 18.3 Å². The number of urea groups is 1. The van der Waals surface area contributed by atoms with Crippen LogP contribution in [0, 0.1) is 0 Å². The van der Waals surface area contributed by atoms with Gasteiger partial charge >= 0.3 is 6.03 Å². The molecular weight excluding hydrogens is 438 g/mol. The zero-order valence-corrected chi connectivity index (χ0v) is 18.1. The predicted molar refractivity (Wildman–Crippen MR) is 124 cm³/mol. The number of thiazole rings is 1. The van der Waals surface area contributed by atoms with E-state index in [2.05, 4.69) is 26.3 Å². The fourth-order valence-electron chi connectivity index (χ4n) is 2.61. The molecule has 0 bridgehead atoms. The Balaban J connectivity index is 1.44. The molecule has 10 heteroatoms. The van der Waals surface area contributed by atoms with Gasteiger partial charge in [-0.1, -0.05) is 17.7 Å². The molecular formula is C21H20ClN5O3S. The maximum atomic E-state index is 12.2. The van der Waals surface area contributed by atoms with Crippen molar-refractivity contribution < 1.29 is 14.4 Å². The summed E-state index contributed by atoms with van der Waals surface area (Å²) in [6.07, 6.45) is 0.676. The van der Waals surface area contributed by atoms with E-state index in [1.807, 2.05) is 0 Å². The Labute approximate surface area is 188 Å². The van der Waals surface area contributed by atoms with Gasteiger partial charge in [0.15, 0.2) is 5.13 Å². The van der Waals surface area contributed by atoms with Crippen molar-refractivity contribution in [2.45, 2.75) is 19.8 Å². The lowest BCUT2D eigenvalue weighted by molar-refractivity contribution is -0.116. The van der Waals surface area contributed by atoms with Crippen LogP contribution in [0.1, 0.15) is 19.0 Å². The van der Waals surface area contributed by atoms with Crippen LogP contribution in [0.4, 0.5) is 27.0 Å². The molecule has 4 amide bonds. The summed E-state index contributed by atoms with van der Waals surface area (Å²) < 4.78 is 0. The summed E-state index contributed by atoms with van der Waals surface area (Å²) in [5, 5.41) is 13.6. The monoisotopic (exact) mass is 457 g/mol. The molecule has 31 heavy (non-hydrogen) atoms. The molecule has 0 unspecified atom stereocenters. The Morgan fingerprint density at radius 2 is 1.65 bits per heavy atom. The van der Waals surface area contributed by atoms with Gasteiger partial charge in [-0.2, -0.15) is 0 Å². The van der Waals surface area contributed by atoms with E-state index in [4.69, 9.17) is 11.6 Å². The SMILES string of the molecule is CC(=O)Nc1ccc(NC(=O)CCc2csc(NC(=O)Nc3cccc(Cl)c3)n2)cc1. The highest BCUT2D eigenvalue weighted by atomic mass is 35.5. The number of carbonyl (C=O) groups excluding carboxylic acids is 3. The third-order valence-corrected chi connectivity index (χ3v) is 4.99. The first-order valence-corrected chi connectivity index (χ1v) is 10.6. The standard InChI is InChI=1S/C21H20ClN5O3S/c1-13(28)23-15-5-7-16(8-6-15)24-19(29)10-9-18-12-31-21(26-18)27-20(30)25-17-4-2-3-14(22)11-17/h2-8,11-12H,9-10H2,1H3,(H,23,28)(H,24,29)(H2,25,26,27,30). The van der Waals surface area contributed by atoms with Gasteiger partial charge in [0.25, 0.3) is 0 Å². The number of rotatable bonds is 7. The highest BCUT2D eigenvalue weighted by molar-refractivity contribution is 7.13. The first-order chi connectivity index (χ1) is 14.9. The smallest absolute Gasteiger partial charge is 0.325 e. The second kappa shape index (κ2) is 10.6. The largest absolute Gasteiger partial charge is 0.326 e. The topological polar surface area (TPSA) is 112 Å². The average molecular weight is 458 g/mol. The van der Waals surface area contributed by atoms with Crippen LogP contribution >= 0.6 is 22.9 Å². The molecule has 0 saturated carbocycles. The first-order valence-electron chi connectivity index (χ1n) is 9.33. The van der Waals surface area contributed by atoms with Gasteiger partial charge in [0.2, 0.25) is 11.8 Å². The molecule has 4 N–H and O–H groups in total. The minimum absolute atomic E-state index is 0.157. The van der Waals surface area contributed by atoms with Crippen molar-refractivity contribution in [1.82, 2.24) is 4.98 Å². The van der Waals surface area contributed by atoms with Crippen LogP contribution in [0.2, 0.25) is 5.02 Å². The second-order valence-corrected chi connectivity index (χ2v) is 7.83. The van der Waals surface area contributed by atoms with E-state index in [0.717, 1.165) is 0 Å². The molecule has 1 aromatic heterocycles. The number of nitrogens with zero attached hydrogens (tertiary/aromatic N) is 1. The van der Waals surface area contributed by atoms with E-state index < -0.39 is 6.03 Å². The van der Waals surface area contributed by atoms with Crippen LogP contribution in [-0.4, -0.2) is 22.8 Å². The number of nitrogens with one attached hydrogen (secondary N) is 4. The van der Waals surface area contributed by atoms with E-state index in [9.17, 15) is 14.4 Å². The lowest BCUT2D eigenvalue weighted by atomic mass is 10.2. The number of anilines is 4. The zero-order valence-electron chi connectivity index (χ0n) is 16.6. The summed E-state index contributed by atoms with van der Waals surface area (Å²) >= 11 is 7.18. The molecule has 160 valence electrons. The molecule has 0 aliphatic rings. The third-order valence-electron chi connectivity index (χ3n) is 3.95. The Kier molecular flexibility index (Phi) is 7.58. The lowest BCUT2D eigenvalue weighted by Gasteiger charge is -2.06. The Morgan fingerprint density at radius 3 is 2.32 bits per heavy atom. The summed E-state index contributed by atoms with van der Waals surface area (Å²) in [6, 6.07) is 13.2. The molecule has 0 atom stereocenters. The Bertz CT molecular complexity index is 1080. The maximum absolute atomic E-state index is 12.2. The fourth-order valence-corrected chi connectivity index (χ4v) is 3.54. The highest BCUT2D eigenvalue weighted by Crippen LogP contribution is 2.19. The summed E-state index contributed by atoms with van der Waals surface area (Å²) in [7, 11) is 0. The van der Waals surface area contributed by atoms with Crippen molar-refractivity contribution in [3.63, 3.8) is 0 Å². The Hall–Kier alpha value is -3.43. The van der Waals surface area contributed by atoms with Gasteiger partial charge in [0, 0.05) is 40.8 Å². The van der Waals surface area contributed by atoms with Gasteiger partial charge in [-0.25, -0.2) is 9.78 Å². The zero-order chi connectivity index (χ0) is 22.2. The third kappa shape index (κ3) is 7.40. The highest BCUT2D eigenvalue weighted by Gasteiger charge is 2.09. The molecule has 0 spiro atoms. The van der Waals surface area contributed by atoms with Crippen molar-refractivity contribution in [2.75, 3.05) is 21.3 Å². The quantitative estimate of drug-likeness (QED) is 0.401. The van der Waals surface area contributed by atoms with Crippen molar-refractivity contribution in [3.05, 3.63) is 64.6 Å². The van der Waals surface area contributed by atoms with Gasteiger partial charge in [-0.3, -0.25) is 14.9 Å². The molecule has 1 heterocycles. The number of hydrogen-bond acceptors (Lipinski definition) is 5. The minimum Gasteiger partial charge on any atom is -0.326 e. The van der Waals surface area contributed by atoms with E-state index in [-0.39, 0.29) is 18.2 Å². The molecule has 0 aliphatic heterocycles.